The Kier molecular flexibility index (Phi) is 6.04. The van der Waals surface area contributed by atoms with Crippen molar-refractivity contribution in [2.24, 2.45) is 5.92 Å². The van der Waals surface area contributed by atoms with E-state index >= 15 is 0 Å². The lowest BCUT2D eigenvalue weighted by Gasteiger charge is -2.34. The van der Waals surface area contributed by atoms with Crippen molar-refractivity contribution in [1.82, 2.24) is 9.88 Å². The van der Waals surface area contributed by atoms with Gasteiger partial charge in [0.1, 0.15) is 23.3 Å². The minimum absolute atomic E-state index is 0.354. The number of hydrogen-bond acceptors (Lipinski definition) is 5. The van der Waals surface area contributed by atoms with Gasteiger partial charge in [-0.05, 0) is 63.9 Å². The zero-order valence-electron chi connectivity index (χ0n) is 17.4. The van der Waals surface area contributed by atoms with Crippen molar-refractivity contribution in [2.75, 3.05) is 26.2 Å². The molecule has 1 N–H and O–H groups in total. The molecule has 1 aromatic heterocycles. The highest BCUT2D eigenvalue weighted by Gasteiger charge is 2.40. The number of nitrogens with zero attached hydrogens (tertiary/aromatic N) is 2. The Balaban J connectivity index is 1.28. The summed E-state index contributed by atoms with van der Waals surface area (Å²) in [5.74, 6) is 0.710. The number of halogens is 2. The number of rotatable bonds is 7. The first kappa shape index (κ1) is 21.2. The Morgan fingerprint density at radius 2 is 1.97 bits per heavy atom. The van der Waals surface area contributed by atoms with Crippen LogP contribution < -0.4 is 4.74 Å². The van der Waals surface area contributed by atoms with Gasteiger partial charge in [0.25, 0.3) is 0 Å². The number of aromatic nitrogens is 1. The van der Waals surface area contributed by atoms with Crippen LogP contribution >= 0.6 is 0 Å². The first-order valence-electron chi connectivity index (χ1n) is 10.4. The quantitative estimate of drug-likeness (QED) is 0.686. The zero-order valence-corrected chi connectivity index (χ0v) is 17.4. The number of benzene rings is 1. The van der Waals surface area contributed by atoms with Crippen molar-refractivity contribution < 1.29 is 23.4 Å². The molecule has 30 heavy (non-hydrogen) atoms. The molecule has 0 saturated carbocycles. The molecule has 162 valence electrons. The molecule has 4 rings (SSSR count). The Morgan fingerprint density at radius 3 is 2.53 bits per heavy atom. The molecule has 3 heterocycles. The lowest BCUT2D eigenvalue weighted by atomic mass is 9.97. The second-order valence-corrected chi connectivity index (χ2v) is 8.81. The van der Waals surface area contributed by atoms with Crippen LogP contribution in [0.15, 0.2) is 36.5 Å². The molecule has 5 nitrogen and oxygen atoms in total. The lowest BCUT2D eigenvalue weighted by Crippen LogP contribution is -2.41. The molecule has 0 radical (unpaired) electrons. The van der Waals surface area contributed by atoms with E-state index in [4.69, 9.17) is 9.47 Å². The summed E-state index contributed by atoms with van der Waals surface area (Å²) >= 11 is 0. The average molecular weight is 418 g/mol. The van der Waals surface area contributed by atoms with Gasteiger partial charge in [-0.2, -0.15) is 0 Å². The molecule has 2 atom stereocenters. The first-order valence-corrected chi connectivity index (χ1v) is 10.4. The highest BCUT2D eigenvalue weighted by Crippen LogP contribution is 2.38. The third-order valence-corrected chi connectivity index (χ3v) is 5.60. The predicted molar refractivity (Wildman–Crippen MR) is 109 cm³/mol. The van der Waals surface area contributed by atoms with Crippen LogP contribution in [-0.2, 0) is 4.74 Å². The Labute approximate surface area is 175 Å². The van der Waals surface area contributed by atoms with Crippen molar-refractivity contribution in [3.63, 3.8) is 0 Å². The molecule has 1 aromatic carbocycles. The summed E-state index contributed by atoms with van der Waals surface area (Å²) in [5, 5.41) is 9.29. The van der Waals surface area contributed by atoms with E-state index in [0.29, 0.717) is 41.6 Å². The Morgan fingerprint density at radius 1 is 1.23 bits per heavy atom. The van der Waals surface area contributed by atoms with Gasteiger partial charge in [0.2, 0.25) is 0 Å². The largest absolute Gasteiger partial charge is 0.492 e. The fraction of sp³-hybridized carbons (Fsp3) is 0.522. The van der Waals surface area contributed by atoms with E-state index < -0.39 is 23.9 Å². The first-order chi connectivity index (χ1) is 14.3. The van der Waals surface area contributed by atoms with Crippen molar-refractivity contribution in [3.8, 4) is 17.0 Å². The highest BCUT2D eigenvalue weighted by atomic mass is 19.1. The van der Waals surface area contributed by atoms with Crippen LogP contribution in [0.5, 0.6) is 5.75 Å². The maximum atomic E-state index is 14.3. The van der Waals surface area contributed by atoms with Crippen LogP contribution in [0.3, 0.4) is 0 Å². The van der Waals surface area contributed by atoms with Crippen LogP contribution in [0.4, 0.5) is 8.78 Å². The van der Waals surface area contributed by atoms with Crippen LogP contribution in [0.25, 0.3) is 11.3 Å². The van der Waals surface area contributed by atoms with E-state index in [-0.39, 0.29) is 0 Å². The number of aliphatic hydroxyl groups is 1. The van der Waals surface area contributed by atoms with E-state index in [2.05, 4.69) is 9.88 Å². The van der Waals surface area contributed by atoms with Gasteiger partial charge in [-0.3, -0.25) is 4.98 Å². The van der Waals surface area contributed by atoms with Gasteiger partial charge in [0.05, 0.1) is 18.5 Å². The number of piperidine rings is 1. The van der Waals surface area contributed by atoms with E-state index in [9.17, 15) is 13.9 Å². The maximum Gasteiger partial charge on any atom is 0.186 e. The zero-order chi connectivity index (χ0) is 21.3. The number of pyridine rings is 1. The molecular formula is C23H28F2N2O3. The standard InChI is InChI=1S/C23H28F2N2O3/c1-23(2,25)14-27-9-7-15(8-10-27)13-29-17-4-6-20(26-12-17)16-3-5-18(19(24)11-16)21-22(28)30-21/h3-6,11-12,15,21-22,28H,7-10,13-14H2,1-2H3. The number of epoxide rings is 1. The highest BCUT2D eigenvalue weighted by molar-refractivity contribution is 5.60. The third-order valence-electron chi connectivity index (χ3n) is 5.60. The molecule has 2 saturated heterocycles. The number of likely N-dealkylation sites (tertiary alicyclic amines) is 1. The molecule has 0 spiro atoms. The van der Waals surface area contributed by atoms with E-state index in [1.54, 1.807) is 38.2 Å². The topological polar surface area (TPSA) is 58.1 Å². The number of aliphatic hydroxyl groups excluding tert-OH is 1. The smallest absolute Gasteiger partial charge is 0.186 e. The molecule has 2 fully saturated rings. The molecule has 2 aliphatic rings. The van der Waals surface area contributed by atoms with Crippen LogP contribution in [0.2, 0.25) is 0 Å². The fourth-order valence-corrected chi connectivity index (χ4v) is 3.94. The van der Waals surface area contributed by atoms with Gasteiger partial charge >= 0.3 is 0 Å². The van der Waals surface area contributed by atoms with Gasteiger partial charge in [-0.15, -0.1) is 0 Å². The molecule has 0 amide bonds. The van der Waals surface area contributed by atoms with Crippen molar-refractivity contribution in [1.29, 1.82) is 0 Å². The molecule has 2 unspecified atom stereocenters. The fourth-order valence-electron chi connectivity index (χ4n) is 3.94. The van der Waals surface area contributed by atoms with Crippen molar-refractivity contribution >= 4 is 0 Å². The summed E-state index contributed by atoms with van der Waals surface area (Å²) in [6, 6.07) is 8.43. The minimum Gasteiger partial charge on any atom is -0.492 e. The van der Waals surface area contributed by atoms with Crippen molar-refractivity contribution in [2.45, 2.75) is 44.8 Å². The van der Waals surface area contributed by atoms with Gasteiger partial charge in [0.15, 0.2) is 6.29 Å². The second kappa shape index (κ2) is 8.57. The van der Waals surface area contributed by atoms with Gasteiger partial charge < -0.3 is 19.5 Å². The van der Waals surface area contributed by atoms with Crippen LogP contribution in [0, 0.1) is 11.7 Å². The number of ether oxygens (including phenoxy) is 2. The van der Waals surface area contributed by atoms with Gasteiger partial charge in [-0.1, -0.05) is 12.1 Å². The van der Waals surface area contributed by atoms with Crippen LogP contribution in [0.1, 0.15) is 38.4 Å². The molecule has 0 aliphatic carbocycles. The molecule has 0 bridgehead atoms. The molecule has 7 heteroatoms. The second-order valence-electron chi connectivity index (χ2n) is 8.81. The Hall–Kier alpha value is -2.09. The summed E-state index contributed by atoms with van der Waals surface area (Å²) in [5.41, 5.74) is 0.494. The minimum atomic E-state index is -1.16. The average Bonchev–Trinajstić information content (AvgIpc) is 3.43. The summed E-state index contributed by atoms with van der Waals surface area (Å²) in [7, 11) is 0. The predicted octanol–water partition coefficient (Wildman–Crippen LogP) is 4.12. The van der Waals surface area contributed by atoms with Gasteiger partial charge in [-0.25, -0.2) is 8.78 Å². The normalized spacial score (nSPS) is 22.8. The summed E-state index contributed by atoms with van der Waals surface area (Å²) in [4.78, 5) is 6.56. The summed E-state index contributed by atoms with van der Waals surface area (Å²) in [6.45, 7) is 6.11. The van der Waals surface area contributed by atoms with Gasteiger partial charge in [0, 0.05) is 17.7 Å². The Bertz CT molecular complexity index is 862. The maximum absolute atomic E-state index is 14.3. The summed E-state index contributed by atoms with van der Waals surface area (Å²) < 4.78 is 38.8. The number of alkyl halides is 1. The van der Waals surface area contributed by atoms with E-state index in [1.165, 1.54) is 6.07 Å². The molecule has 2 aromatic rings. The third kappa shape index (κ3) is 5.33. The SMILES string of the molecule is CC(C)(F)CN1CCC(COc2ccc(-c3ccc(C4OC4O)c(F)c3)nc2)CC1. The van der Waals surface area contributed by atoms with E-state index in [0.717, 1.165) is 25.9 Å². The molecule has 2 aliphatic heterocycles. The van der Waals surface area contributed by atoms with Crippen molar-refractivity contribution in [3.05, 3.63) is 47.9 Å². The van der Waals surface area contributed by atoms with E-state index in [1.807, 2.05) is 6.07 Å². The lowest BCUT2D eigenvalue weighted by molar-refractivity contribution is 0.0836. The molecular weight excluding hydrogens is 390 g/mol. The van der Waals surface area contributed by atoms with Crippen LogP contribution in [-0.4, -0.2) is 53.2 Å². The summed E-state index contributed by atoms with van der Waals surface area (Å²) in [6.07, 6.45) is 2.15. The monoisotopic (exact) mass is 418 g/mol. The number of hydrogen-bond donors (Lipinski definition) is 1.